The number of nitrogens with two attached hydrogens (primary N) is 3. The van der Waals surface area contributed by atoms with Crippen LogP contribution in [0.5, 0.6) is 0 Å². The molecular formula is C26H25N3. The van der Waals surface area contributed by atoms with Crippen LogP contribution < -0.4 is 17.2 Å². The van der Waals surface area contributed by atoms with Crippen molar-refractivity contribution < 1.29 is 0 Å². The van der Waals surface area contributed by atoms with Crippen molar-refractivity contribution in [1.82, 2.24) is 0 Å². The van der Waals surface area contributed by atoms with Gasteiger partial charge in [-0.1, -0.05) is 66.2 Å². The Hall–Kier alpha value is -3.72. The summed E-state index contributed by atoms with van der Waals surface area (Å²) in [5.74, 6) is 0. The fourth-order valence-corrected chi connectivity index (χ4v) is 4.00. The highest BCUT2D eigenvalue weighted by Gasteiger charge is 2.38. The highest BCUT2D eigenvalue weighted by atomic mass is 14.6. The maximum absolute atomic E-state index is 6.01. The van der Waals surface area contributed by atoms with Crippen LogP contribution >= 0.6 is 0 Å². The van der Waals surface area contributed by atoms with Gasteiger partial charge in [-0.25, -0.2) is 0 Å². The van der Waals surface area contributed by atoms with Gasteiger partial charge in [0, 0.05) is 17.1 Å². The molecule has 0 aliphatic carbocycles. The van der Waals surface area contributed by atoms with E-state index in [9.17, 15) is 0 Å². The molecule has 0 atom stereocenters. The van der Waals surface area contributed by atoms with Gasteiger partial charge in [0.2, 0.25) is 0 Å². The lowest BCUT2D eigenvalue weighted by atomic mass is 9.65. The quantitative estimate of drug-likeness (QED) is 0.340. The maximum Gasteiger partial charge on any atom is 0.0701 e. The van der Waals surface area contributed by atoms with Crippen LogP contribution in [0.1, 0.15) is 27.8 Å². The smallest absolute Gasteiger partial charge is 0.0701 e. The Kier molecular flexibility index (Phi) is 4.73. The first-order valence-corrected chi connectivity index (χ1v) is 9.65. The van der Waals surface area contributed by atoms with E-state index in [-0.39, 0.29) is 0 Å². The molecule has 0 amide bonds. The summed E-state index contributed by atoms with van der Waals surface area (Å²) in [6, 6.07) is 33.0. The minimum Gasteiger partial charge on any atom is -0.399 e. The number of hydrogen-bond donors (Lipinski definition) is 3. The molecule has 0 bridgehead atoms. The van der Waals surface area contributed by atoms with Crippen LogP contribution in [0.4, 0.5) is 17.1 Å². The molecule has 0 heterocycles. The standard InChI is InChI=1S/C26H25N3/c1-18-2-4-19(5-3-18)26(20-6-12-23(27)13-7-20,21-8-14-24(28)15-9-21)22-10-16-25(29)17-11-22/h2-17H,27-29H2,1H3. The third kappa shape index (κ3) is 3.32. The SMILES string of the molecule is Cc1ccc(C(c2ccc(N)cc2)(c2ccc(N)cc2)c2ccc(N)cc2)cc1. The normalized spacial score (nSPS) is 11.3. The molecule has 0 saturated carbocycles. The van der Waals surface area contributed by atoms with Crippen molar-refractivity contribution >= 4 is 17.1 Å². The third-order valence-corrected chi connectivity index (χ3v) is 5.52. The molecule has 0 aromatic heterocycles. The van der Waals surface area contributed by atoms with Crippen molar-refractivity contribution in [2.24, 2.45) is 0 Å². The molecule has 144 valence electrons. The van der Waals surface area contributed by atoms with Gasteiger partial charge in [-0.3, -0.25) is 0 Å². The van der Waals surface area contributed by atoms with Crippen LogP contribution in [-0.4, -0.2) is 0 Å². The van der Waals surface area contributed by atoms with E-state index in [0.29, 0.717) is 0 Å². The molecule has 0 saturated heterocycles. The Bertz CT molecular complexity index is 907. The summed E-state index contributed by atoms with van der Waals surface area (Å²) in [5.41, 5.74) is 25.5. The molecule has 3 nitrogen and oxygen atoms in total. The molecule has 0 fully saturated rings. The van der Waals surface area contributed by atoms with Gasteiger partial charge < -0.3 is 17.2 Å². The van der Waals surface area contributed by atoms with E-state index in [0.717, 1.165) is 33.8 Å². The second kappa shape index (κ2) is 7.36. The van der Waals surface area contributed by atoms with Gasteiger partial charge in [0.15, 0.2) is 0 Å². The largest absolute Gasteiger partial charge is 0.399 e. The number of aryl methyl sites for hydroxylation is 1. The molecule has 29 heavy (non-hydrogen) atoms. The van der Waals surface area contributed by atoms with Gasteiger partial charge >= 0.3 is 0 Å². The second-order valence-corrected chi connectivity index (χ2v) is 7.48. The number of rotatable bonds is 4. The predicted molar refractivity (Wildman–Crippen MR) is 123 cm³/mol. The molecular weight excluding hydrogens is 354 g/mol. The zero-order chi connectivity index (χ0) is 20.4. The van der Waals surface area contributed by atoms with Crippen LogP contribution in [0, 0.1) is 6.92 Å². The minimum atomic E-state index is -0.525. The molecule has 0 spiro atoms. The van der Waals surface area contributed by atoms with Crippen molar-refractivity contribution in [3.8, 4) is 0 Å². The molecule has 4 aromatic rings. The molecule has 4 aromatic carbocycles. The first-order chi connectivity index (χ1) is 14.0. The number of nitrogen functional groups attached to an aromatic ring is 3. The lowest BCUT2D eigenvalue weighted by Gasteiger charge is -2.37. The predicted octanol–water partition coefficient (Wildman–Crippen LogP) is 5.12. The number of hydrogen-bond acceptors (Lipinski definition) is 3. The molecule has 0 unspecified atom stereocenters. The summed E-state index contributed by atoms with van der Waals surface area (Å²) in [4.78, 5) is 0. The average molecular weight is 380 g/mol. The van der Waals surface area contributed by atoms with Crippen molar-refractivity contribution in [2.45, 2.75) is 12.3 Å². The van der Waals surface area contributed by atoms with E-state index in [1.54, 1.807) is 0 Å². The van der Waals surface area contributed by atoms with E-state index in [1.807, 2.05) is 36.4 Å². The van der Waals surface area contributed by atoms with Gasteiger partial charge in [-0.2, -0.15) is 0 Å². The van der Waals surface area contributed by atoms with E-state index in [2.05, 4.69) is 67.6 Å². The lowest BCUT2D eigenvalue weighted by molar-refractivity contribution is 0.745. The Labute approximate surface area is 171 Å². The van der Waals surface area contributed by atoms with Crippen LogP contribution in [0.15, 0.2) is 97.1 Å². The molecule has 4 rings (SSSR count). The van der Waals surface area contributed by atoms with E-state index >= 15 is 0 Å². The Morgan fingerprint density at radius 1 is 0.414 bits per heavy atom. The van der Waals surface area contributed by atoms with Crippen LogP contribution in [0.2, 0.25) is 0 Å². The summed E-state index contributed by atoms with van der Waals surface area (Å²) >= 11 is 0. The molecule has 0 aliphatic rings. The van der Waals surface area contributed by atoms with Crippen LogP contribution in [0.25, 0.3) is 0 Å². The third-order valence-electron chi connectivity index (χ3n) is 5.52. The topological polar surface area (TPSA) is 78.1 Å². The minimum absolute atomic E-state index is 0.525. The summed E-state index contributed by atoms with van der Waals surface area (Å²) < 4.78 is 0. The van der Waals surface area contributed by atoms with E-state index in [4.69, 9.17) is 17.2 Å². The van der Waals surface area contributed by atoms with E-state index in [1.165, 1.54) is 11.1 Å². The molecule has 3 heteroatoms. The van der Waals surface area contributed by atoms with Gasteiger partial charge in [0.1, 0.15) is 0 Å². The lowest BCUT2D eigenvalue weighted by Crippen LogP contribution is -2.31. The highest BCUT2D eigenvalue weighted by molar-refractivity contribution is 5.63. The van der Waals surface area contributed by atoms with Crippen molar-refractivity contribution in [2.75, 3.05) is 17.2 Å². The fraction of sp³-hybridized carbons (Fsp3) is 0.0769. The molecule has 0 aliphatic heterocycles. The van der Waals surface area contributed by atoms with Crippen molar-refractivity contribution in [3.05, 3.63) is 125 Å². The number of benzene rings is 4. The average Bonchev–Trinajstić information content (AvgIpc) is 2.73. The number of anilines is 3. The summed E-state index contributed by atoms with van der Waals surface area (Å²) in [5, 5.41) is 0. The van der Waals surface area contributed by atoms with E-state index < -0.39 is 5.41 Å². The molecule has 0 radical (unpaired) electrons. The summed E-state index contributed by atoms with van der Waals surface area (Å²) in [7, 11) is 0. The first kappa shape index (κ1) is 18.6. The molecule has 6 N–H and O–H groups in total. The maximum atomic E-state index is 6.01. The highest BCUT2D eigenvalue weighted by Crippen LogP contribution is 2.45. The zero-order valence-corrected chi connectivity index (χ0v) is 16.5. The van der Waals surface area contributed by atoms with Crippen LogP contribution in [0.3, 0.4) is 0 Å². The fourth-order valence-electron chi connectivity index (χ4n) is 4.00. The summed E-state index contributed by atoms with van der Waals surface area (Å²) in [6.45, 7) is 2.10. The Balaban J connectivity index is 2.11. The summed E-state index contributed by atoms with van der Waals surface area (Å²) in [6.07, 6.45) is 0. The Morgan fingerprint density at radius 3 is 0.931 bits per heavy atom. The van der Waals surface area contributed by atoms with Crippen molar-refractivity contribution in [1.29, 1.82) is 0 Å². The van der Waals surface area contributed by atoms with Gasteiger partial charge in [0.25, 0.3) is 0 Å². The first-order valence-electron chi connectivity index (χ1n) is 9.65. The van der Waals surface area contributed by atoms with Crippen LogP contribution in [-0.2, 0) is 5.41 Å². The second-order valence-electron chi connectivity index (χ2n) is 7.48. The monoisotopic (exact) mass is 379 g/mol. The zero-order valence-electron chi connectivity index (χ0n) is 16.5. The van der Waals surface area contributed by atoms with Gasteiger partial charge in [-0.15, -0.1) is 0 Å². The van der Waals surface area contributed by atoms with Gasteiger partial charge in [-0.05, 0) is 65.6 Å². The Morgan fingerprint density at radius 2 is 0.655 bits per heavy atom. The van der Waals surface area contributed by atoms with Gasteiger partial charge in [0.05, 0.1) is 5.41 Å². The van der Waals surface area contributed by atoms with Crippen molar-refractivity contribution in [3.63, 3.8) is 0 Å².